The number of aliphatic hydroxyl groups is 2. The number of benzene rings is 4. The second-order valence-electron chi connectivity index (χ2n) is 22.0. The Morgan fingerprint density at radius 1 is 0.805 bits per heavy atom. The van der Waals surface area contributed by atoms with Crippen molar-refractivity contribution in [2.45, 2.75) is 115 Å². The van der Waals surface area contributed by atoms with Crippen molar-refractivity contribution in [2.24, 2.45) is 16.7 Å². The molecular weight excluding hydrogens is 1060 g/mol. The molecule has 4 aromatic rings. The number of ketones is 1. The number of Topliss-reactive ketones (excluding diaryl/α,β-unsaturated/α-hetero) is 1. The number of rotatable bonds is 16. The van der Waals surface area contributed by atoms with Crippen LogP contribution in [0.4, 0.5) is 15.3 Å². The number of hydrogen-bond donors (Lipinski definition) is 5. The molecule has 0 aromatic heterocycles. The second-order valence-corrected chi connectivity index (χ2v) is 22.0. The normalized spacial score (nSPS) is 26.7. The minimum absolute atomic E-state index is 0.0177. The monoisotopic (exact) mass is 1130 g/mol. The van der Waals surface area contributed by atoms with E-state index in [1.807, 2.05) is 0 Å². The summed E-state index contributed by atoms with van der Waals surface area (Å²) in [5.74, 6) is -7.46. The van der Waals surface area contributed by atoms with Crippen LogP contribution in [0.5, 0.6) is 5.75 Å². The third-order valence-electron chi connectivity index (χ3n) is 16.5. The summed E-state index contributed by atoms with van der Waals surface area (Å²) in [6, 6.07) is 26.6. The molecule has 11 atom stereocenters. The van der Waals surface area contributed by atoms with Crippen LogP contribution in [0.2, 0.25) is 0 Å². The number of phenols is 1. The van der Waals surface area contributed by atoms with E-state index in [2.05, 4.69) is 5.32 Å². The number of nitrogen functional groups attached to an aromatic ring is 1. The van der Waals surface area contributed by atoms with Gasteiger partial charge in [-0.05, 0) is 72.5 Å². The van der Waals surface area contributed by atoms with Gasteiger partial charge in [0.15, 0.2) is 17.5 Å². The Morgan fingerprint density at radius 2 is 1.40 bits per heavy atom. The number of nitrogens with two attached hydrogens (primary N) is 1. The number of carbonyl (C=O) groups is 8. The van der Waals surface area contributed by atoms with Gasteiger partial charge >= 0.3 is 36.1 Å². The van der Waals surface area contributed by atoms with Gasteiger partial charge in [-0.15, -0.1) is 0 Å². The molecule has 0 unspecified atom stereocenters. The van der Waals surface area contributed by atoms with Crippen molar-refractivity contribution < 1.29 is 86.8 Å². The van der Waals surface area contributed by atoms with Crippen molar-refractivity contribution in [1.82, 2.24) is 15.1 Å². The first-order valence-electron chi connectivity index (χ1n) is 26.6. The molecule has 22 nitrogen and oxygen atoms in total. The smallest absolute Gasteiger partial charge is 0.410 e. The van der Waals surface area contributed by atoms with E-state index in [-0.39, 0.29) is 72.0 Å². The van der Waals surface area contributed by atoms with Crippen LogP contribution >= 0.6 is 0 Å². The number of phenolic OH excluding ortho intramolecular Hbond substituents is 1. The number of ether oxygens (including phenoxy) is 7. The number of aromatic hydroxyl groups is 1. The lowest BCUT2D eigenvalue weighted by molar-refractivity contribution is -0.346. The van der Waals surface area contributed by atoms with Crippen molar-refractivity contribution in [3.8, 4) is 5.75 Å². The minimum Gasteiger partial charge on any atom is -0.506 e. The second kappa shape index (κ2) is 23.6. The Bertz CT molecular complexity index is 3140. The lowest BCUT2D eigenvalue weighted by Crippen LogP contribution is -2.82. The molecule has 22 heteroatoms. The van der Waals surface area contributed by atoms with Crippen LogP contribution in [0.25, 0.3) is 0 Å². The first-order chi connectivity index (χ1) is 38.7. The molecule has 2 bridgehead atoms. The Labute approximate surface area is 473 Å². The number of anilines is 1. The van der Waals surface area contributed by atoms with E-state index >= 15 is 9.59 Å². The van der Waals surface area contributed by atoms with E-state index in [4.69, 9.17) is 38.9 Å². The molecule has 436 valence electrons. The molecule has 0 spiro atoms. The van der Waals surface area contributed by atoms with Gasteiger partial charge < -0.3 is 69.3 Å². The third-order valence-corrected chi connectivity index (χ3v) is 16.5. The highest BCUT2D eigenvalue weighted by Crippen LogP contribution is 2.64. The van der Waals surface area contributed by atoms with Crippen molar-refractivity contribution in [2.75, 3.05) is 39.5 Å². The molecule has 3 amide bonds. The average Bonchev–Trinajstić information content (AvgIpc) is 0.763. The number of esters is 4. The van der Waals surface area contributed by atoms with E-state index in [0.29, 0.717) is 5.56 Å². The molecule has 4 aromatic carbocycles. The number of aliphatic hydroxyl groups excluding tert-OH is 1. The molecule has 6 N–H and O–H groups in total. The Balaban J connectivity index is 1.21. The van der Waals surface area contributed by atoms with Crippen LogP contribution in [-0.4, -0.2) is 154 Å². The minimum atomic E-state index is -2.52. The average molecular weight is 1130 g/mol. The summed E-state index contributed by atoms with van der Waals surface area (Å²) in [4.78, 5) is 116. The Kier molecular flexibility index (Phi) is 17.2. The summed E-state index contributed by atoms with van der Waals surface area (Å²) < 4.78 is 42.5. The summed E-state index contributed by atoms with van der Waals surface area (Å²) >= 11 is 0. The zero-order valence-electron chi connectivity index (χ0n) is 46.7. The highest BCUT2D eigenvalue weighted by molar-refractivity contribution is 5.96. The molecule has 3 fully saturated rings. The maximum Gasteiger partial charge on any atom is 0.410 e. The van der Waals surface area contributed by atoms with E-state index < -0.39 is 125 Å². The maximum absolute atomic E-state index is 15.9. The lowest BCUT2D eigenvalue weighted by atomic mass is 9.44. The topological polar surface area (TPSA) is 306 Å². The van der Waals surface area contributed by atoms with Gasteiger partial charge in [-0.1, -0.05) is 86.6 Å². The van der Waals surface area contributed by atoms with E-state index in [1.54, 1.807) is 66.7 Å². The zero-order chi connectivity index (χ0) is 59.6. The molecule has 2 saturated carbocycles. The number of nitrogens with zero attached hydrogens (tertiary/aromatic N) is 2. The molecule has 82 heavy (non-hydrogen) atoms. The number of fused-ring (bicyclic) bond motifs is 5. The summed E-state index contributed by atoms with van der Waals surface area (Å²) in [6.07, 6.45) is -13.1. The van der Waals surface area contributed by atoms with Crippen LogP contribution in [-0.2, 0) is 58.9 Å². The van der Waals surface area contributed by atoms with Gasteiger partial charge in [0.1, 0.15) is 42.3 Å². The van der Waals surface area contributed by atoms with Crippen molar-refractivity contribution in [3.63, 3.8) is 0 Å². The molecule has 4 aliphatic rings. The summed E-state index contributed by atoms with van der Waals surface area (Å²) in [7, 11) is 2.76. The van der Waals surface area contributed by atoms with Crippen molar-refractivity contribution in [3.05, 3.63) is 143 Å². The summed E-state index contributed by atoms with van der Waals surface area (Å²) in [5, 5.41) is 39.0. The molecule has 1 heterocycles. The van der Waals surface area contributed by atoms with Crippen molar-refractivity contribution >= 4 is 53.4 Å². The number of nitrogens with one attached hydrogen (secondary N) is 1. The fraction of sp³-hybridized carbons (Fsp3) is 0.433. The fourth-order valence-corrected chi connectivity index (χ4v) is 11.9. The quantitative estimate of drug-likeness (QED) is 0.0310. The first kappa shape index (κ1) is 59.8. The predicted molar refractivity (Wildman–Crippen MR) is 290 cm³/mol. The predicted octanol–water partition coefficient (Wildman–Crippen LogP) is 5.37. The molecule has 3 aliphatic carbocycles. The summed E-state index contributed by atoms with van der Waals surface area (Å²) in [6.45, 7) is 7.23. The first-order valence-corrected chi connectivity index (χ1v) is 26.6. The number of hydrogen-bond acceptors (Lipinski definition) is 19. The zero-order valence-corrected chi connectivity index (χ0v) is 46.7. The van der Waals surface area contributed by atoms with E-state index in [0.717, 1.165) is 18.7 Å². The van der Waals surface area contributed by atoms with Gasteiger partial charge in [0.2, 0.25) is 6.10 Å². The SMILES string of the molecule is CC(=O)O[C@H]1C(=O)[C@@]2(C)[C@H]([C@H](OC(=O)c3ccccc3)[C@]3(O)C[C@H](OC(=O)[C@H](OC(=O)N(C)CCN(C)C(=O)OCc4ccc(O)c(N)c4)[C@@H](NC(=O)c4ccccc4)c4ccccc4)C(C)=C1C3(C)C)[C@]1(OC(C)=O)CO[C@@H]1C[C@@H]2O. The highest BCUT2D eigenvalue weighted by atomic mass is 16.6. The molecule has 1 aliphatic heterocycles. The van der Waals surface area contributed by atoms with Gasteiger partial charge in [0.05, 0.1) is 35.3 Å². The van der Waals surface area contributed by atoms with Crippen molar-refractivity contribution in [1.29, 1.82) is 0 Å². The number of amides is 3. The molecule has 8 rings (SSSR count). The van der Waals surface area contributed by atoms with Gasteiger partial charge in [-0.25, -0.2) is 19.2 Å². The Hall–Kier alpha value is -8.34. The number of carbonyl (C=O) groups excluding carboxylic acids is 8. The number of likely N-dealkylation sites (N-methyl/N-ethyl adjacent to an activating group) is 2. The maximum atomic E-state index is 15.9. The summed E-state index contributed by atoms with van der Waals surface area (Å²) in [5.41, 5.74) is -1.48. The standard InChI is InChI=1S/C60H68N4O18/c1-33-42(30-60(75)51(81-53(71)39-22-16-11-17-23-39)49-58(6,43(68)29-44-59(49,32-77-44)82-35(3)66)50(69)47(78-34(2)65)45(33)57(60,4)5)79-54(72)48(46(37-18-12-9-13-19-37)62-52(70)38-20-14-10-15-21-38)80-56(74)64(8)27-26-63(7)55(73)76-31-36-24-25-41(67)40(61)28-36/h9-25,28,42-44,46-49,51,67-68,75H,26-27,29-32,61H2,1-8H3,(H,62,70)/t42-,43-,44+,46-,47+,48+,49-,51-,58+,59-,60+/m0/s1. The van der Waals surface area contributed by atoms with Crippen LogP contribution in [0.15, 0.2) is 120 Å². The van der Waals surface area contributed by atoms with Gasteiger partial charge in [0.25, 0.3) is 5.91 Å². The largest absolute Gasteiger partial charge is 0.506 e. The van der Waals surface area contributed by atoms with Gasteiger partial charge in [-0.2, -0.15) is 0 Å². The van der Waals surface area contributed by atoms with Crippen LogP contribution in [0, 0.1) is 16.7 Å². The Morgan fingerprint density at radius 3 is 1.98 bits per heavy atom. The van der Waals surface area contributed by atoms with Crippen LogP contribution < -0.4 is 11.1 Å². The highest BCUT2D eigenvalue weighted by Gasteiger charge is 2.78. The molecule has 0 radical (unpaired) electrons. The van der Waals surface area contributed by atoms with Crippen LogP contribution in [0.1, 0.15) is 92.3 Å². The van der Waals surface area contributed by atoms with E-state index in [9.17, 15) is 44.1 Å². The van der Waals surface area contributed by atoms with Gasteiger partial charge in [-0.3, -0.25) is 19.2 Å². The molecule has 1 saturated heterocycles. The molecular formula is C60H68N4O18. The van der Waals surface area contributed by atoms with E-state index in [1.165, 1.54) is 89.2 Å². The third kappa shape index (κ3) is 11.3. The fourth-order valence-electron chi connectivity index (χ4n) is 11.9. The van der Waals surface area contributed by atoms with Gasteiger partial charge in [0, 0.05) is 64.9 Å². The van der Waals surface area contributed by atoms with Crippen LogP contribution in [0.3, 0.4) is 0 Å². The lowest BCUT2D eigenvalue weighted by Gasteiger charge is -2.67.